The molecule has 5 rings (SSSR count). The number of aliphatic carboxylic acids is 2. The van der Waals surface area contributed by atoms with E-state index in [1.165, 1.54) is 87.6 Å². The van der Waals surface area contributed by atoms with Crippen molar-refractivity contribution in [2.45, 2.75) is 81.5 Å². The lowest BCUT2D eigenvalue weighted by atomic mass is 9.52. The van der Waals surface area contributed by atoms with Gasteiger partial charge in [-0.3, -0.25) is 4.90 Å². The Morgan fingerprint density at radius 3 is 2.34 bits per heavy atom. The van der Waals surface area contributed by atoms with Crippen LogP contribution in [-0.4, -0.2) is 73.7 Å². The van der Waals surface area contributed by atoms with Gasteiger partial charge in [-0.25, -0.2) is 9.59 Å². The van der Waals surface area contributed by atoms with Crippen molar-refractivity contribution >= 4 is 11.9 Å². The molecule has 0 aromatic heterocycles. The molecule has 1 saturated heterocycles. The highest BCUT2D eigenvalue weighted by Gasteiger charge is 2.53. The number of benzene rings is 2. The van der Waals surface area contributed by atoms with Crippen molar-refractivity contribution in [3.63, 3.8) is 0 Å². The number of carboxylic acids is 2. The van der Waals surface area contributed by atoms with E-state index in [-0.39, 0.29) is 0 Å². The summed E-state index contributed by atoms with van der Waals surface area (Å²) in [4.78, 5) is 22.4. The molecule has 0 amide bonds. The van der Waals surface area contributed by atoms with Gasteiger partial charge in [0, 0.05) is 11.5 Å². The quantitative estimate of drug-likeness (QED) is 0.331. The van der Waals surface area contributed by atoms with Crippen LogP contribution in [0.25, 0.3) is 0 Å². The Morgan fingerprint density at radius 1 is 0.947 bits per heavy atom. The van der Waals surface area contributed by atoms with Gasteiger partial charge >= 0.3 is 11.9 Å². The fraction of sp³-hybridized carbons (Fsp3) is 0.533. The monoisotopic (exact) mass is 525 g/mol. The highest BCUT2D eigenvalue weighted by molar-refractivity contribution is 5.83. The Kier molecular flexibility index (Phi) is 9.07. The van der Waals surface area contributed by atoms with E-state index in [9.17, 15) is 14.7 Å². The Hall–Kier alpha value is -2.94. The minimum absolute atomic E-state index is 0.343. The molecule has 0 unspecified atom stereocenters. The van der Waals surface area contributed by atoms with Crippen LogP contribution in [0.2, 0.25) is 0 Å². The topological polar surface area (TPSA) is 139 Å². The Bertz CT molecular complexity index is 1090. The van der Waals surface area contributed by atoms with E-state index in [4.69, 9.17) is 20.4 Å². The largest absolute Gasteiger partial charge is 0.508 e. The molecule has 8 heteroatoms. The molecule has 2 aromatic carbocycles. The molecule has 2 fully saturated rings. The number of aliphatic hydroxyl groups is 2. The van der Waals surface area contributed by atoms with Crippen LogP contribution in [-0.2, 0) is 27.8 Å². The lowest BCUT2D eigenvalue weighted by Gasteiger charge is -2.59. The Morgan fingerprint density at radius 2 is 1.66 bits per heavy atom. The third-order valence-corrected chi connectivity index (χ3v) is 8.74. The van der Waals surface area contributed by atoms with Crippen molar-refractivity contribution < 1.29 is 35.1 Å². The van der Waals surface area contributed by atoms with Gasteiger partial charge in [0.2, 0.25) is 0 Å². The maximum atomic E-state index is 10.2. The molecule has 2 bridgehead atoms. The summed E-state index contributed by atoms with van der Waals surface area (Å²) in [6.07, 6.45) is 7.16. The summed E-state index contributed by atoms with van der Waals surface area (Å²) >= 11 is 0. The van der Waals surface area contributed by atoms with Gasteiger partial charge in [0.15, 0.2) is 12.2 Å². The number of rotatable bonds is 8. The molecule has 5 N–H and O–H groups in total. The first-order valence-corrected chi connectivity index (χ1v) is 13.6. The molecular formula is C30H39NO7. The van der Waals surface area contributed by atoms with Crippen molar-refractivity contribution in [3.8, 4) is 5.75 Å². The Labute approximate surface area is 223 Å². The number of likely N-dealkylation sites (tertiary alicyclic amines) is 1. The molecule has 1 heterocycles. The zero-order chi connectivity index (χ0) is 27.3. The lowest BCUT2D eigenvalue weighted by molar-refractivity contribution is -0.165. The van der Waals surface area contributed by atoms with E-state index in [1.807, 2.05) is 6.07 Å². The number of hydrogen-bond acceptors (Lipinski definition) is 6. The predicted molar refractivity (Wildman–Crippen MR) is 142 cm³/mol. The maximum absolute atomic E-state index is 10.2. The number of piperidine rings is 1. The standard InChI is InChI=1S/C26H33NO.C4H6O6/c28-22-13-12-21-18-25-23-11-4-6-14-26(23,24(21)19-22)15-17-27(25)16-7-5-10-20-8-2-1-3-9-20;5-1(3(7)8)2(6)4(9)10/h1-3,8-9,12-13,19,23,25,28H,4-7,10-11,14-18H2;1-2,5-6H,(H,7,8)(H,9,10)/t23-,25-,26-;1-,2-/m01/s1. The van der Waals surface area contributed by atoms with Crippen molar-refractivity contribution in [2.75, 3.05) is 13.1 Å². The normalized spacial score (nSPS) is 25.6. The van der Waals surface area contributed by atoms with Gasteiger partial charge in [-0.1, -0.05) is 49.2 Å². The van der Waals surface area contributed by atoms with Crippen LogP contribution in [0.4, 0.5) is 0 Å². The number of carbonyl (C=O) groups is 2. The second-order valence-corrected chi connectivity index (χ2v) is 10.9. The molecule has 206 valence electrons. The fourth-order valence-corrected chi connectivity index (χ4v) is 6.91. The summed E-state index contributed by atoms with van der Waals surface area (Å²) in [6, 6.07) is 17.9. The van der Waals surface area contributed by atoms with E-state index in [1.54, 1.807) is 0 Å². The van der Waals surface area contributed by atoms with Gasteiger partial charge in [-0.2, -0.15) is 0 Å². The summed E-state index contributed by atoms with van der Waals surface area (Å²) in [5.41, 5.74) is 4.82. The number of aryl methyl sites for hydroxylation is 1. The number of phenols is 1. The van der Waals surface area contributed by atoms with Crippen molar-refractivity contribution in [1.29, 1.82) is 0 Å². The van der Waals surface area contributed by atoms with Gasteiger partial charge < -0.3 is 25.5 Å². The fourth-order valence-electron chi connectivity index (χ4n) is 6.91. The van der Waals surface area contributed by atoms with E-state index in [0.717, 1.165) is 5.92 Å². The molecule has 0 spiro atoms. The van der Waals surface area contributed by atoms with Crippen LogP contribution in [0.15, 0.2) is 48.5 Å². The van der Waals surface area contributed by atoms with Crippen molar-refractivity contribution in [2.24, 2.45) is 5.92 Å². The number of aliphatic hydroxyl groups excluding tert-OH is 2. The molecule has 5 atom stereocenters. The first-order valence-electron chi connectivity index (χ1n) is 13.6. The lowest BCUT2D eigenvalue weighted by Crippen LogP contribution is -2.61. The highest BCUT2D eigenvalue weighted by atomic mass is 16.4. The van der Waals surface area contributed by atoms with Crippen LogP contribution >= 0.6 is 0 Å². The van der Waals surface area contributed by atoms with Crippen LogP contribution in [0.3, 0.4) is 0 Å². The first-order chi connectivity index (χ1) is 18.2. The molecule has 3 aliphatic rings. The van der Waals surface area contributed by atoms with Crippen LogP contribution in [0, 0.1) is 5.92 Å². The van der Waals surface area contributed by atoms with Gasteiger partial charge in [0.05, 0.1) is 0 Å². The second-order valence-electron chi connectivity index (χ2n) is 10.9. The summed E-state index contributed by atoms with van der Waals surface area (Å²) in [6.45, 7) is 2.49. The number of carboxylic acid groups (broad SMARTS) is 2. The molecule has 38 heavy (non-hydrogen) atoms. The first kappa shape index (κ1) is 28.1. The van der Waals surface area contributed by atoms with Gasteiger partial charge in [0.1, 0.15) is 5.75 Å². The Balaban J connectivity index is 0.000000289. The van der Waals surface area contributed by atoms with E-state index in [2.05, 4.69) is 47.4 Å². The minimum Gasteiger partial charge on any atom is -0.508 e. The van der Waals surface area contributed by atoms with Crippen LogP contribution in [0.5, 0.6) is 5.75 Å². The van der Waals surface area contributed by atoms with E-state index < -0.39 is 24.1 Å². The number of aromatic hydroxyl groups is 1. The van der Waals surface area contributed by atoms with E-state index >= 15 is 0 Å². The highest BCUT2D eigenvalue weighted by Crippen LogP contribution is 2.56. The summed E-state index contributed by atoms with van der Waals surface area (Å²) in [5.74, 6) is -2.29. The zero-order valence-electron chi connectivity index (χ0n) is 21.7. The molecule has 0 radical (unpaired) electrons. The second kappa shape index (κ2) is 12.3. The third kappa shape index (κ3) is 6.03. The number of fused-ring (bicyclic) bond motifs is 1. The number of phenolic OH excluding ortho intramolecular Hbond substituents is 1. The molecule has 2 aliphatic carbocycles. The summed E-state index contributed by atoms with van der Waals surface area (Å²) in [5, 5.41) is 42.7. The average Bonchev–Trinajstić information content (AvgIpc) is 2.92. The molecular weight excluding hydrogens is 486 g/mol. The molecule has 1 saturated carbocycles. The SMILES string of the molecule is O=C(O)[C@H](O)[C@@H](O)C(=O)O.Oc1ccc2c(c1)[C@]13CCCC[C@H]1[C@H](C2)N(CCCCc1ccccc1)CC3. The van der Waals surface area contributed by atoms with Crippen LogP contribution < -0.4 is 0 Å². The van der Waals surface area contributed by atoms with Gasteiger partial charge in [-0.05, 0) is 92.8 Å². The summed E-state index contributed by atoms with van der Waals surface area (Å²) in [7, 11) is 0. The molecule has 2 aromatic rings. The van der Waals surface area contributed by atoms with Gasteiger partial charge in [-0.15, -0.1) is 0 Å². The van der Waals surface area contributed by atoms with Crippen molar-refractivity contribution in [3.05, 3.63) is 65.2 Å². The molecule has 1 aliphatic heterocycles. The predicted octanol–water partition coefficient (Wildman–Crippen LogP) is 3.35. The van der Waals surface area contributed by atoms with E-state index in [0.29, 0.717) is 17.2 Å². The summed E-state index contributed by atoms with van der Waals surface area (Å²) < 4.78 is 0. The van der Waals surface area contributed by atoms with Crippen molar-refractivity contribution in [1.82, 2.24) is 4.90 Å². The average molecular weight is 526 g/mol. The van der Waals surface area contributed by atoms with Crippen LogP contribution in [0.1, 0.15) is 61.6 Å². The number of hydrogen-bond donors (Lipinski definition) is 5. The number of unbranched alkanes of at least 4 members (excludes halogenated alkanes) is 1. The van der Waals surface area contributed by atoms with Gasteiger partial charge in [0.25, 0.3) is 0 Å². The maximum Gasteiger partial charge on any atom is 0.335 e. The molecule has 8 nitrogen and oxygen atoms in total. The zero-order valence-corrected chi connectivity index (χ0v) is 21.7. The number of nitrogens with zero attached hydrogens (tertiary/aromatic N) is 1. The third-order valence-electron chi connectivity index (χ3n) is 8.74. The minimum atomic E-state index is -2.27. The smallest absolute Gasteiger partial charge is 0.335 e.